The summed E-state index contributed by atoms with van der Waals surface area (Å²) in [6.07, 6.45) is 1.00. The summed E-state index contributed by atoms with van der Waals surface area (Å²) in [5, 5.41) is 10.6. The van der Waals surface area contributed by atoms with E-state index in [1.165, 1.54) is 0 Å². The van der Waals surface area contributed by atoms with Crippen LogP contribution in [-0.2, 0) is 19.7 Å². The van der Waals surface area contributed by atoms with Crippen LogP contribution in [0, 0.1) is 0 Å². The van der Waals surface area contributed by atoms with Crippen LogP contribution in [0.5, 0.6) is 0 Å². The number of urea groups is 1. The lowest BCUT2D eigenvalue weighted by Gasteiger charge is -2.25. The highest BCUT2D eigenvalue weighted by molar-refractivity contribution is 7.88. The van der Waals surface area contributed by atoms with Gasteiger partial charge < -0.3 is 10.4 Å². The van der Waals surface area contributed by atoms with Crippen molar-refractivity contribution in [2.75, 3.05) is 19.4 Å². The molecule has 0 spiro atoms. The third-order valence-corrected chi connectivity index (χ3v) is 2.44. The minimum atomic E-state index is -3.39. The van der Waals surface area contributed by atoms with Crippen LogP contribution in [0.15, 0.2) is 0 Å². The van der Waals surface area contributed by atoms with Gasteiger partial charge in [0.2, 0.25) is 10.0 Å². The van der Waals surface area contributed by atoms with Crippen LogP contribution in [0.3, 0.4) is 0 Å². The lowest BCUT2D eigenvalue weighted by atomic mass is 10.1. The maximum Gasteiger partial charge on any atom is 0.338 e. The molecule has 0 saturated carbocycles. The topological polar surface area (TPSA) is 134 Å². The highest BCUT2D eigenvalue weighted by Gasteiger charge is 2.22. The molecule has 9 nitrogen and oxygen atoms in total. The number of amides is 2. The largest absolute Gasteiger partial charge is 0.479 e. The molecule has 18 heavy (non-hydrogen) atoms. The number of hydroxylamine groups is 1. The summed E-state index contributed by atoms with van der Waals surface area (Å²) in [6.45, 7) is 2.49. The smallest absolute Gasteiger partial charge is 0.338 e. The van der Waals surface area contributed by atoms with E-state index in [1.807, 2.05) is 5.48 Å². The number of hydrogen-bond donors (Lipinski definition) is 4. The van der Waals surface area contributed by atoms with Crippen LogP contribution in [0.4, 0.5) is 4.79 Å². The lowest BCUT2D eigenvalue weighted by molar-refractivity contribution is -0.144. The number of sulfonamides is 1. The van der Waals surface area contributed by atoms with Gasteiger partial charge in [-0.3, -0.25) is 4.84 Å². The molecule has 0 aromatic heterocycles. The molecular formula is C8H17N3O6S. The van der Waals surface area contributed by atoms with Crippen molar-refractivity contribution in [2.45, 2.75) is 19.4 Å². The third kappa shape index (κ3) is 9.81. The summed E-state index contributed by atoms with van der Waals surface area (Å²) in [6, 6.07) is -0.764. The average molecular weight is 283 g/mol. The minimum Gasteiger partial charge on any atom is -0.479 e. The molecule has 0 radical (unpaired) electrons. The van der Waals surface area contributed by atoms with Gasteiger partial charge in [-0.05, 0) is 13.8 Å². The Labute approximate surface area is 105 Å². The molecule has 106 valence electrons. The number of rotatable bonds is 7. The van der Waals surface area contributed by atoms with Gasteiger partial charge in [-0.15, -0.1) is 0 Å². The van der Waals surface area contributed by atoms with Crippen LogP contribution < -0.4 is 15.5 Å². The number of carboxylic acid groups (broad SMARTS) is 1. The van der Waals surface area contributed by atoms with Crippen molar-refractivity contribution in [1.82, 2.24) is 15.5 Å². The first-order valence-electron chi connectivity index (χ1n) is 4.88. The molecule has 0 aliphatic heterocycles. The molecular weight excluding hydrogens is 266 g/mol. The van der Waals surface area contributed by atoms with Gasteiger partial charge in [-0.2, -0.15) is 0 Å². The van der Waals surface area contributed by atoms with Gasteiger partial charge in [-0.1, -0.05) is 0 Å². The Hall–Kier alpha value is -1.39. The molecule has 0 saturated heterocycles. The number of nitrogens with one attached hydrogen (secondary N) is 3. The minimum absolute atomic E-state index is 0.00232. The van der Waals surface area contributed by atoms with Crippen LogP contribution in [0.1, 0.15) is 13.8 Å². The van der Waals surface area contributed by atoms with Crippen LogP contribution in [0.25, 0.3) is 0 Å². The number of carboxylic acids is 1. The van der Waals surface area contributed by atoms with Gasteiger partial charge >= 0.3 is 12.0 Å². The zero-order valence-corrected chi connectivity index (χ0v) is 11.1. The van der Waals surface area contributed by atoms with Gasteiger partial charge in [0.1, 0.15) is 0 Å². The van der Waals surface area contributed by atoms with E-state index >= 15 is 0 Å². The van der Waals surface area contributed by atoms with Crippen molar-refractivity contribution in [3.05, 3.63) is 0 Å². The Morgan fingerprint density at radius 3 is 2.33 bits per heavy atom. The predicted molar refractivity (Wildman–Crippen MR) is 62.2 cm³/mol. The van der Waals surface area contributed by atoms with Gasteiger partial charge in [0.15, 0.2) is 6.61 Å². The monoisotopic (exact) mass is 283 g/mol. The van der Waals surface area contributed by atoms with E-state index in [4.69, 9.17) is 5.11 Å². The van der Waals surface area contributed by atoms with Crippen molar-refractivity contribution < 1.29 is 28.0 Å². The number of aliphatic carboxylic acids is 1. The summed E-state index contributed by atoms with van der Waals surface area (Å²) in [5.74, 6) is -1.23. The van der Waals surface area contributed by atoms with Gasteiger partial charge in [0, 0.05) is 12.1 Å². The Balaban J connectivity index is 4.00. The van der Waals surface area contributed by atoms with E-state index < -0.39 is 34.2 Å². The van der Waals surface area contributed by atoms with Crippen molar-refractivity contribution in [2.24, 2.45) is 0 Å². The fourth-order valence-electron chi connectivity index (χ4n) is 1.04. The summed E-state index contributed by atoms with van der Waals surface area (Å²) in [4.78, 5) is 25.5. The van der Waals surface area contributed by atoms with E-state index in [0.717, 1.165) is 6.26 Å². The van der Waals surface area contributed by atoms with Gasteiger partial charge in [0.25, 0.3) is 0 Å². The highest BCUT2D eigenvalue weighted by atomic mass is 32.2. The summed E-state index contributed by atoms with van der Waals surface area (Å²) < 4.78 is 24.3. The second-order valence-corrected chi connectivity index (χ2v) is 5.97. The average Bonchev–Trinajstić information content (AvgIpc) is 2.10. The van der Waals surface area contributed by atoms with E-state index in [0.29, 0.717) is 0 Å². The zero-order valence-electron chi connectivity index (χ0n) is 10.3. The van der Waals surface area contributed by atoms with E-state index in [-0.39, 0.29) is 6.54 Å². The number of hydrogen-bond acceptors (Lipinski definition) is 5. The second-order valence-electron chi connectivity index (χ2n) is 4.23. The molecule has 4 N–H and O–H groups in total. The van der Waals surface area contributed by atoms with Crippen LogP contribution in [-0.4, -0.2) is 50.5 Å². The van der Waals surface area contributed by atoms with Crippen molar-refractivity contribution in [1.29, 1.82) is 0 Å². The van der Waals surface area contributed by atoms with Gasteiger partial charge in [-0.25, -0.2) is 28.2 Å². The molecule has 0 rings (SSSR count). The van der Waals surface area contributed by atoms with Crippen molar-refractivity contribution >= 4 is 22.0 Å². The molecule has 0 aliphatic rings. The Kier molecular flexibility index (Phi) is 6.01. The molecule has 0 unspecified atom stereocenters. The first-order valence-corrected chi connectivity index (χ1v) is 6.77. The SMILES string of the molecule is CC(C)(CNC(=O)NOCC(=O)O)NS(C)(=O)=O. The number of carbonyl (C=O) groups excluding carboxylic acids is 1. The normalized spacial score (nSPS) is 11.9. The zero-order chi connectivity index (χ0) is 14.4. The van der Waals surface area contributed by atoms with E-state index in [1.54, 1.807) is 13.8 Å². The molecule has 0 bridgehead atoms. The van der Waals surface area contributed by atoms with Crippen LogP contribution in [0.2, 0.25) is 0 Å². The van der Waals surface area contributed by atoms with Crippen LogP contribution >= 0.6 is 0 Å². The fourth-order valence-corrected chi connectivity index (χ4v) is 2.11. The fraction of sp³-hybridized carbons (Fsp3) is 0.750. The Morgan fingerprint density at radius 2 is 1.89 bits per heavy atom. The number of carbonyl (C=O) groups is 2. The summed E-state index contributed by atoms with van der Waals surface area (Å²) >= 11 is 0. The second kappa shape index (κ2) is 6.52. The molecule has 0 aromatic carbocycles. The first kappa shape index (κ1) is 16.6. The molecule has 2 amide bonds. The van der Waals surface area contributed by atoms with Crippen molar-refractivity contribution in [3.8, 4) is 0 Å². The summed E-state index contributed by atoms with van der Waals surface area (Å²) in [7, 11) is -3.39. The maximum absolute atomic E-state index is 11.1. The van der Waals surface area contributed by atoms with E-state index in [2.05, 4.69) is 14.9 Å². The Morgan fingerprint density at radius 1 is 1.33 bits per heavy atom. The molecule has 0 fully saturated rings. The maximum atomic E-state index is 11.1. The van der Waals surface area contributed by atoms with E-state index in [9.17, 15) is 18.0 Å². The molecule has 0 atom stereocenters. The lowest BCUT2D eigenvalue weighted by Crippen LogP contribution is -2.52. The standard InChI is InChI=1S/C8H17N3O6S/c1-8(2,11-18(3,15)16)5-9-7(14)10-17-4-6(12)13/h11H,4-5H2,1-3H3,(H,12,13)(H2,9,10,14). The molecule has 0 aromatic rings. The molecule has 0 heterocycles. The molecule has 10 heteroatoms. The third-order valence-electron chi connectivity index (χ3n) is 1.51. The predicted octanol–water partition coefficient (Wildman–Crippen LogP) is -1.37. The first-order chi connectivity index (χ1) is 8.02. The Bertz CT molecular complexity index is 405. The van der Waals surface area contributed by atoms with Gasteiger partial charge in [0.05, 0.1) is 6.26 Å². The molecule has 0 aliphatic carbocycles. The van der Waals surface area contributed by atoms with Crippen molar-refractivity contribution in [3.63, 3.8) is 0 Å². The summed E-state index contributed by atoms with van der Waals surface area (Å²) in [5.41, 5.74) is 0.964. The highest BCUT2D eigenvalue weighted by Crippen LogP contribution is 2.01. The quantitative estimate of drug-likeness (QED) is 0.426.